The lowest BCUT2D eigenvalue weighted by Gasteiger charge is -2.12. The molecule has 0 saturated heterocycles. The normalized spacial score (nSPS) is 11.1. The van der Waals surface area contributed by atoms with Gasteiger partial charge in [-0.05, 0) is 97.3 Å². The van der Waals surface area contributed by atoms with Crippen molar-refractivity contribution in [3.05, 3.63) is 129 Å². The van der Waals surface area contributed by atoms with E-state index in [-0.39, 0.29) is 17.4 Å². The summed E-state index contributed by atoms with van der Waals surface area (Å²) in [7, 11) is 0. The predicted molar refractivity (Wildman–Crippen MR) is 169 cm³/mol. The molecular formula is C32H27Cl2N3O3S. The molecule has 3 N–H and O–H groups in total. The maximum absolute atomic E-state index is 13.3. The molecule has 0 atom stereocenters. The first kappa shape index (κ1) is 29.9. The average molecular weight is 605 g/mol. The van der Waals surface area contributed by atoms with Crippen molar-refractivity contribution in [1.82, 2.24) is 5.32 Å². The van der Waals surface area contributed by atoms with Gasteiger partial charge in [0.15, 0.2) is 0 Å². The third-order valence-corrected chi connectivity index (χ3v) is 7.64. The molecule has 0 spiro atoms. The maximum Gasteiger partial charge on any atom is 0.272 e. The summed E-state index contributed by atoms with van der Waals surface area (Å²) in [6, 6.07) is 26.3. The first-order valence-electron chi connectivity index (χ1n) is 12.6. The topological polar surface area (TPSA) is 87.3 Å². The summed E-state index contributed by atoms with van der Waals surface area (Å²) in [5, 5.41) is 9.18. The molecule has 0 aliphatic heterocycles. The molecule has 208 valence electrons. The smallest absolute Gasteiger partial charge is 0.272 e. The molecule has 0 fully saturated rings. The van der Waals surface area contributed by atoms with Crippen molar-refractivity contribution in [1.29, 1.82) is 0 Å². The number of benzene rings is 4. The van der Waals surface area contributed by atoms with E-state index in [2.05, 4.69) is 16.0 Å². The fourth-order valence-electron chi connectivity index (χ4n) is 3.71. The molecule has 4 aromatic carbocycles. The summed E-state index contributed by atoms with van der Waals surface area (Å²) >= 11 is 13.7. The maximum atomic E-state index is 13.3. The number of rotatable bonds is 9. The van der Waals surface area contributed by atoms with Gasteiger partial charge in [-0.3, -0.25) is 14.4 Å². The van der Waals surface area contributed by atoms with E-state index in [9.17, 15) is 14.4 Å². The van der Waals surface area contributed by atoms with Crippen LogP contribution in [0, 0.1) is 13.8 Å². The van der Waals surface area contributed by atoms with Gasteiger partial charge in [0, 0.05) is 31.9 Å². The van der Waals surface area contributed by atoms with Crippen LogP contribution in [0.5, 0.6) is 0 Å². The van der Waals surface area contributed by atoms with Crippen molar-refractivity contribution >= 4 is 70.1 Å². The fourth-order valence-corrected chi connectivity index (χ4v) is 4.88. The Hall–Kier alpha value is -4.04. The predicted octanol–water partition coefficient (Wildman–Crippen LogP) is 7.75. The Morgan fingerprint density at radius 1 is 0.780 bits per heavy atom. The van der Waals surface area contributed by atoms with Crippen molar-refractivity contribution < 1.29 is 14.4 Å². The Balaban J connectivity index is 1.42. The highest BCUT2D eigenvalue weighted by Crippen LogP contribution is 2.24. The van der Waals surface area contributed by atoms with Gasteiger partial charge in [0.1, 0.15) is 5.70 Å². The molecule has 4 aromatic rings. The molecule has 9 heteroatoms. The standard InChI is InChI=1S/C32H27Cl2N3O3S/c1-20-8-11-26(16-21(20)2)35-30(38)19-41-27-14-12-25(13-15-27)36-32(40)29(17-23-9-10-24(33)18-28(23)34)37-31(39)22-6-4-3-5-7-22/h3-18H,19H2,1-2H3,(H,35,38)(H,36,40)(H,37,39)/b29-17-. The van der Waals surface area contributed by atoms with Crippen LogP contribution < -0.4 is 16.0 Å². The van der Waals surface area contributed by atoms with E-state index >= 15 is 0 Å². The van der Waals surface area contributed by atoms with Crippen LogP contribution in [0.2, 0.25) is 10.0 Å². The molecular weight excluding hydrogens is 577 g/mol. The minimum atomic E-state index is -0.534. The van der Waals surface area contributed by atoms with Gasteiger partial charge in [0.25, 0.3) is 11.8 Å². The largest absolute Gasteiger partial charge is 0.325 e. The van der Waals surface area contributed by atoms with E-state index in [1.54, 1.807) is 60.7 Å². The van der Waals surface area contributed by atoms with E-state index in [0.29, 0.717) is 26.9 Å². The average Bonchev–Trinajstić information content (AvgIpc) is 2.96. The van der Waals surface area contributed by atoms with Gasteiger partial charge in [-0.1, -0.05) is 53.5 Å². The molecule has 4 rings (SSSR count). The van der Waals surface area contributed by atoms with Crippen LogP contribution in [-0.2, 0) is 9.59 Å². The molecule has 0 aliphatic carbocycles. The number of hydrogen-bond acceptors (Lipinski definition) is 4. The molecule has 6 nitrogen and oxygen atoms in total. The third kappa shape index (κ3) is 8.72. The molecule has 0 bridgehead atoms. The number of hydrogen-bond donors (Lipinski definition) is 3. The number of amides is 3. The second kappa shape index (κ2) is 14.0. The van der Waals surface area contributed by atoms with Gasteiger partial charge in [0.2, 0.25) is 5.91 Å². The molecule has 41 heavy (non-hydrogen) atoms. The Kier molecular flexibility index (Phi) is 10.2. The summed E-state index contributed by atoms with van der Waals surface area (Å²) in [6.07, 6.45) is 1.49. The number of thioether (sulfide) groups is 1. The van der Waals surface area contributed by atoms with Crippen molar-refractivity contribution in [3.8, 4) is 0 Å². The van der Waals surface area contributed by atoms with Gasteiger partial charge < -0.3 is 16.0 Å². The van der Waals surface area contributed by atoms with Crippen molar-refractivity contribution in [2.75, 3.05) is 16.4 Å². The third-order valence-electron chi connectivity index (χ3n) is 6.06. The van der Waals surface area contributed by atoms with E-state index in [0.717, 1.165) is 16.1 Å². The summed E-state index contributed by atoms with van der Waals surface area (Å²) in [5.74, 6) is -0.851. The van der Waals surface area contributed by atoms with Gasteiger partial charge >= 0.3 is 0 Å². The lowest BCUT2D eigenvalue weighted by atomic mass is 10.1. The molecule has 0 saturated carbocycles. The van der Waals surface area contributed by atoms with Crippen molar-refractivity contribution in [2.24, 2.45) is 0 Å². The van der Waals surface area contributed by atoms with Crippen molar-refractivity contribution in [2.45, 2.75) is 18.7 Å². The number of halogens is 2. The van der Waals surface area contributed by atoms with Crippen LogP contribution in [0.15, 0.2) is 102 Å². The zero-order chi connectivity index (χ0) is 29.4. The van der Waals surface area contributed by atoms with Crippen LogP contribution in [-0.4, -0.2) is 23.5 Å². The minimum absolute atomic E-state index is 0.00420. The molecule has 3 amide bonds. The van der Waals surface area contributed by atoms with Gasteiger partial charge in [0.05, 0.1) is 5.75 Å². The fraction of sp³-hybridized carbons (Fsp3) is 0.0938. The second-order valence-corrected chi connectivity index (χ2v) is 11.1. The number of aryl methyl sites for hydroxylation is 2. The molecule has 0 radical (unpaired) electrons. The minimum Gasteiger partial charge on any atom is -0.325 e. The highest BCUT2D eigenvalue weighted by Gasteiger charge is 2.16. The first-order valence-corrected chi connectivity index (χ1v) is 14.4. The highest BCUT2D eigenvalue weighted by atomic mass is 35.5. The Morgan fingerprint density at radius 3 is 2.17 bits per heavy atom. The van der Waals surface area contributed by atoms with Crippen LogP contribution in [0.25, 0.3) is 6.08 Å². The molecule has 0 aromatic heterocycles. The van der Waals surface area contributed by atoms with Crippen LogP contribution in [0.1, 0.15) is 27.0 Å². The van der Waals surface area contributed by atoms with Gasteiger partial charge in [-0.15, -0.1) is 11.8 Å². The number of carbonyl (C=O) groups excluding carboxylic acids is 3. The Bertz CT molecular complexity index is 1610. The summed E-state index contributed by atoms with van der Waals surface area (Å²) < 4.78 is 0. The zero-order valence-electron chi connectivity index (χ0n) is 22.3. The monoisotopic (exact) mass is 603 g/mol. The summed E-state index contributed by atoms with van der Waals surface area (Å²) in [4.78, 5) is 39.4. The second-order valence-electron chi connectivity index (χ2n) is 9.16. The van der Waals surface area contributed by atoms with Crippen molar-refractivity contribution in [3.63, 3.8) is 0 Å². The zero-order valence-corrected chi connectivity index (χ0v) is 24.7. The molecule has 0 unspecified atom stereocenters. The summed E-state index contributed by atoms with van der Waals surface area (Å²) in [5.41, 5.74) is 4.48. The van der Waals surface area contributed by atoms with E-state index < -0.39 is 11.8 Å². The molecule has 0 heterocycles. The first-order chi connectivity index (χ1) is 19.7. The Morgan fingerprint density at radius 2 is 1.49 bits per heavy atom. The number of carbonyl (C=O) groups is 3. The van der Waals surface area contributed by atoms with E-state index in [4.69, 9.17) is 23.2 Å². The lowest BCUT2D eigenvalue weighted by Crippen LogP contribution is -2.30. The Labute approximate surface area is 253 Å². The van der Waals surface area contributed by atoms with Gasteiger partial charge in [-0.2, -0.15) is 0 Å². The SMILES string of the molecule is Cc1ccc(NC(=O)CSc2ccc(NC(=O)/C(=C/c3ccc(Cl)cc3Cl)NC(=O)c3ccccc3)cc2)cc1C. The van der Waals surface area contributed by atoms with Gasteiger partial charge in [-0.25, -0.2) is 0 Å². The number of anilines is 2. The van der Waals surface area contributed by atoms with Crippen LogP contribution >= 0.6 is 35.0 Å². The lowest BCUT2D eigenvalue weighted by molar-refractivity contribution is -0.114. The van der Waals surface area contributed by atoms with Crippen LogP contribution in [0.3, 0.4) is 0 Å². The summed E-state index contributed by atoms with van der Waals surface area (Å²) in [6.45, 7) is 4.03. The van der Waals surface area contributed by atoms with E-state index in [1.165, 1.54) is 23.4 Å². The quantitative estimate of drug-likeness (QED) is 0.135. The van der Waals surface area contributed by atoms with Crippen LogP contribution in [0.4, 0.5) is 11.4 Å². The molecule has 0 aliphatic rings. The van der Waals surface area contributed by atoms with E-state index in [1.807, 2.05) is 44.2 Å². The highest BCUT2D eigenvalue weighted by molar-refractivity contribution is 8.00. The number of nitrogens with one attached hydrogen (secondary N) is 3.